The Hall–Kier alpha value is -1.08. The molecule has 0 radical (unpaired) electrons. The minimum Gasteiger partial charge on any atom is -0.306 e. The van der Waals surface area contributed by atoms with Crippen molar-refractivity contribution in [1.82, 2.24) is 5.32 Å². The Morgan fingerprint density at radius 2 is 1.62 bits per heavy atom. The van der Waals surface area contributed by atoms with Crippen molar-refractivity contribution in [3.63, 3.8) is 0 Å². The van der Waals surface area contributed by atoms with Crippen LogP contribution in [0.5, 0.6) is 0 Å². The van der Waals surface area contributed by atoms with Crippen LogP contribution in [0.3, 0.4) is 0 Å². The van der Waals surface area contributed by atoms with Gasteiger partial charge >= 0.3 is 0 Å². The second kappa shape index (κ2) is 7.26. The maximum Gasteiger partial charge on any atom is 0.131 e. The van der Waals surface area contributed by atoms with E-state index in [1.807, 2.05) is 29.5 Å². The predicted octanol–water partition coefficient (Wildman–Crippen LogP) is 4.80. The standard InChI is InChI=1S/C16H15F3IN/c1-2-7-21-16(12-5-3-10(17)8-14(12)19)13-6-4-11(18)9-15(13)20/h3-6,8-9,16,21H,2,7H2,1H3. The Labute approximate surface area is 135 Å². The van der Waals surface area contributed by atoms with Crippen LogP contribution < -0.4 is 5.32 Å². The number of hydrogen-bond donors (Lipinski definition) is 1. The van der Waals surface area contributed by atoms with Gasteiger partial charge in [0.25, 0.3) is 0 Å². The van der Waals surface area contributed by atoms with Crippen molar-refractivity contribution in [2.45, 2.75) is 19.4 Å². The van der Waals surface area contributed by atoms with E-state index in [0.717, 1.165) is 18.1 Å². The molecule has 1 atom stereocenters. The molecule has 1 N–H and O–H groups in total. The number of halogens is 4. The van der Waals surface area contributed by atoms with E-state index in [1.54, 1.807) is 6.07 Å². The van der Waals surface area contributed by atoms with Gasteiger partial charge in [-0.15, -0.1) is 0 Å². The van der Waals surface area contributed by atoms with Crippen molar-refractivity contribution in [2.75, 3.05) is 6.54 Å². The monoisotopic (exact) mass is 405 g/mol. The maximum absolute atomic E-state index is 14.1. The molecule has 21 heavy (non-hydrogen) atoms. The van der Waals surface area contributed by atoms with Crippen LogP contribution in [0.15, 0.2) is 36.4 Å². The van der Waals surface area contributed by atoms with Gasteiger partial charge in [0.1, 0.15) is 17.5 Å². The van der Waals surface area contributed by atoms with Gasteiger partial charge < -0.3 is 5.32 Å². The van der Waals surface area contributed by atoms with Crippen molar-refractivity contribution in [1.29, 1.82) is 0 Å². The average molecular weight is 405 g/mol. The van der Waals surface area contributed by atoms with Crippen molar-refractivity contribution in [2.24, 2.45) is 0 Å². The molecule has 0 aromatic heterocycles. The lowest BCUT2D eigenvalue weighted by atomic mass is 9.98. The van der Waals surface area contributed by atoms with Gasteiger partial charge in [-0.2, -0.15) is 0 Å². The molecule has 1 unspecified atom stereocenters. The van der Waals surface area contributed by atoms with Gasteiger partial charge in [-0.25, -0.2) is 13.2 Å². The molecule has 0 aliphatic rings. The molecule has 0 aliphatic heterocycles. The van der Waals surface area contributed by atoms with Crippen LogP contribution in [0.2, 0.25) is 0 Å². The van der Waals surface area contributed by atoms with Gasteiger partial charge in [0.15, 0.2) is 0 Å². The molecule has 0 saturated carbocycles. The highest BCUT2D eigenvalue weighted by Gasteiger charge is 2.20. The number of rotatable bonds is 5. The first kappa shape index (κ1) is 16.3. The first-order chi connectivity index (χ1) is 10.0. The third-order valence-electron chi connectivity index (χ3n) is 3.15. The second-order valence-corrected chi connectivity index (χ2v) is 5.88. The lowest BCUT2D eigenvalue weighted by Crippen LogP contribution is -2.25. The van der Waals surface area contributed by atoms with E-state index in [1.165, 1.54) is 24.3 Å². The van der Waals surface area contributed by atoms with Crippen molar-refractivity contribution in [3.8, 4) is 0 Å². The van der Waals surface area contributed by atoms with E-state index in [9.17, 15) is 13.2 Å². The van der Waals surface area contributed by atoms with Crippen LogP contribution in [0, 0.1) is 21.0 Å². The summed E-state index contributed by atoms with van der Waals surface area (Å²) >= 11 is 2.02. The fraction of sp³-hybridized carbons (Fsp3) is 0.250. The fourth-order valence-electron chi connectivity index (χ4n) is 2.15. The summed E-state index contributed by atoms with van der Waals surface area (Å²) in [6.45, 7) is 2.68. The van der Waals surface area contributed by atoms with Gasteiger partial charge in [-0.05, 0) is 59.3 Å². The molecule has 0 aliphatic carbocycles. The van der Waals surface area contributed by atoms with Crippen molar-refractivity contribution < 1.29 is 13.2 Å². The molecule has 5 heteroatoms. The molecule has 1 nitrogen and oxygen atoms in total. The van der Waals surface area contributed by atoms with Crippen LogP contribution in [-0.2, 0) is 0 Å². The van der Waals surface area contributed by atoms with Gasteiger partial charge in [-0.1, -0.05) is 19.1 Å². The summed E-state index contributed by atoms with van der Waals surface area (Å²) in [5.41, 5.74) is 1.13. The Bertz CT molecular complexity index is 579. The lowest BCUT2D eigenvalue weighted by Gasteiger charge is -2.21. The quantitative estimate of drug-likeness (QED) is 0.705. The lowest BCUT2D eigenvalue weighted by molar-refractivity contribution is 0.531. The summed E-state index contributed by atoms with van der Waals surface area (Å²) in [6, 6.07) is 7.47. The summed E-state index contributed by atoms with van der Waals surface area (Å²) in [7, 11) is 0. The molecule has 2 rings (SSSR count). The van der Waals surface area contributed by atoms with Crippen LogP contribution in [0.1, 0.15) is 30.5 Å². The van der Waals surface area contributed by atoms with Crippen LogP contribution in [0.4, 0.5) is 13.2 Å². The Morgan fingerprint density at radius 3 is 2.19 bits per heavy atom. The van der Waals surface area contributed by atoms with E-state index in [4.69, 9.17) is 0 Å². The third kappa shape index (κ3) is 3.97. The van der Waals surface area contributed by atoms with E-state index in [-0.39, 0.29) is 5.82 Å². The maximum atomic E-state index is 14.1. The smallest absolute Gasteiger partial charge is 0.131 e. The highest BCUT2D eigenvalue weighted by molar-refractivity contribution is 14.1. The van der Waals surface area contributed by atoms with E-state index in [2.05, 4.69) is 5.32 Å². The predicted molar refractivity (Wildman–Crippen MR) is 85.6 cm³/mol. The first-order valence-electron chi connectivity index (χ1n) is 6.66. The van der Waals surface area contributed by atoms with E-state index >= 15 is 0 Å². The minimum atomic E-state index is -0.612. The average Bonchev–Trinajstić information content (AvgIpc) is 2.42. The van der Waals surface area contributed by atoms with Crippen LogP contribution >= 0.6 is 22.6 Å². The van der Waals surface area contributed by atoms with Crippen LogP contribution in [-0.4, -0.2) is 6.54 Å². The molecule has 0 bridgehead atoms. The molecule has 2 aromatic carbocycles. The summed E-state index contributed by atoms with van der Waals surface area (Å²) in [6.07, 6.45) is 0.872. The van der Waals surface area contributed by atoms with Gasteiger partial charge in [0, 0.05) is 15.2 Å². The third-order valence-corrected chi connectivity index (χ3v) is 4.08. The molecule has 0 saturated heterocycles. The number of nitrogens with one attached hydrogen (secondary N) is 1. The molecule has 112 valence electrons. The summed E-state index contributed by atoms with van der Waals surface area (Å²) in [5.74, 6) is -1.56. The summed E-state index contributed by atoms with van der Waals surface area (Å²) in [4.78, 5) is 0. The topological polar surface area (TPSA) is 12.0 Å². The summed E-state index contributed by atoms with van der Waals surface area (Å²) in [5, 5.41) is 3.23. The normalized spacial score (nSPS) is 12.4. The van der Waals surface area contributed by atoms with Gasteiger partial charge in [0.05, 0.1) is 6.04 Å². The number of hydrogen-bond acceptors (Lipinski definition) is 1. The second-order valence-electron chi connectivity index (χ2n) is 4.72. The van der Waals surface area contributed by atoms with Gasteiger partial charge in [-0.3, -0.25) is 0 Å². The first-order valence-corrected chi connectivity index (χ1v) is 7.74. The SMILES string of the molecule is CCCNC(c1ccc(F)cc1F)c1ccc(F)cc1I. The zero-order valence-corrected chi connectivity index (χ0v) is 13.6. The molecular formula is C16H15F3IN. The Morgan fingerprint density at radius 1 is 1.00 bits per heavy atom. The van der Waals surface area contributed by atoms with Crippen molar-refractivity contribution >= 4 is 22.6 Å². The molecule has 0 heterocycles. The van der Waals surface area contributed by atoms with Gasteiger partial charge in [0.2, 0.25) is 0 Å². The minimum absolute atomic E-state index is 0.336. The molecule has 2 aromatic rings. The zero-order valence-electron chi connectivity index (χ0n) is 11.5. The fourth-order valence-corrected chi connectivity index (χ4v) is 2.94. The zero-order chi connectivity index (χ0) is 15.4. The van der Waals surface area contributed by atoms with E-state index < -0.39 is 17.7 Å². The number of benzene rings is 2. The highest BCUT2D eigenvalue weighted by atomic mass is 127. The van der Waals surface area contributed by atoms with E-state index in [0.29, 0.717) is 15.7 Å². The molecule has 0 amide bonds. The van der Waals surface area contributed by atoms with Crippen molar-refractivity contribution in [3.05, 3.63) is 68.5 Å². The van der Waals surface area contributed by atoms with Crippen LogP contribution in [0.25, 0.3) is 0 Å². The molecular weight excluding hydrogens is 390 g/mol. The molecule has 0 fully saturated rings. The highest BCUT2D eigenvalue weighted by Crippen LogP contribution is 2.29. The Balaban J connectivity index is 2.46. The Kier molecular flexibility index (Phi) is 5.64. The molecule has 0 spiro atoms. The summed E-state index contributed by atoms with van der Waals surface area (Å²) < 4.78 is 41.1. The largest absolute Gasteiger partial charge is 0.306 e.